The Balaban J connectivity index is 2.21. The smallest absolute Gasteiger partial charge is 0.132 e. The van der Waals surface area contributed by atoms with Crippen molar-refractivity contribution in [1.29, 1.82) is 0 Å². The maximum Gasteiger partial charge on any atom is 0.132 e. The zero-order valence-electron chi connectivity index (χ0n) is 12.1. The van der Waals surface area contributed by atoms with Crippen molar-refractivity contribution in [3.05, 3.63) is 29.8 Å². The quantitative estimate of drug-likeness (QED) is 0.834. The van der Waals surface area contributed by atoms with Crippen LogP contribution in [-0.2, 0) is 4.79 Å². The lowest BCUT2D eigenvalue weighted by Gasteiger charge is -2.35. The lowest BCUT2D eigenvalue weighted by atomic mass is 9.80. The highest BCUT2D eigenvalue weighted by molar-refractivity contribution is 5.79. The van der Waals surface area contributed by atoms with Crippen LogP contribution in [0.1, 0.15) is 37.3 Å². The molecular weight excluding hydrogens is 238 g/mol. The van der Waals surface area contributed by atoms with Gasteiger partial charge in [-0.15, -0.1) is 0 Å². The van der Waals surface area contributed by atoms with Crippen LogP contribution in [0.15, 0.2) is 24.3 Å². The van der Waals surface area contributed by atoms with Gasteiger partial charge < -0.3 is 9.64 Å². The molecule has 0 bridgehead atoms. The topological polar surface area (TPSA) is 29.5 Å². The van der Waals surface area contributed by atoms with Crippen molar-refractivity contribution in [2.24, 2.45) is 5.92 Å². The molecule has 3 heteroatoms. The summed E-state index contributed by atoms with van der Waals surface area (Å²) in [7, 11) is 5.92. The summed E-state index contributed by atoms with van der Waals surface area (Å²) in [5.74, 6) is 1.87. The van der Waals surface area contributed by atoms with E-state index in [9.17, 15) is 4.79 Å². The molecule has 0 spiro atoms. The average molecular weight is 261 g/mol. The van der Waals surface area contributed by atoms with E-state index in [1.54, 1.807) is 7.11 Å². The first kappa shape index (κ1) is 14.1. The summed E-state index contributed by atoms with van der Waals surface area (Å²) in [6.07, 6.45) is 3.47. The number of carbonyl (C=O) groups is 1. The highest BCUT2D eigenvalue weighted by Crippen LogP contribution is 2.37. The lowest BCUT2D eigenvalue weighted by Crippen LogP contribution is -2.30. The van der Waals surface area contributed by atoms with Gasteiger partial charge in [0.2, 0.25) is 0 Å². The minimum Gasteiger partial charge on any atom is -0.497 e. The van der Waals surface area contributed by atoms with Crippen LogP contribution in [0.5, 0.6) is 5.75 Å². The van der Waals surface area contributed by atoms with E-state index < -0.39 is 0 Å². The van der Waals surface area contributed by atoms with E-state index in [1.807, 2.05) is 12.1 Å². The summed E-state index contributed by atoms with van der Waals surface area (Å²) in [6.45, 7) is 0. The Morgan fingerprint density at radius 1 is 1.26 bits per heavy atom. The average Bonchev–Trinajstić information content (AvgIpc) is 2.41. The van der Waals surface area contributed by atoms with E-state index in [0.29, 0.717) is 17.7 Å². The highest BCUT2D eigenvalue weighted by Gasteiger charge is 2.29. The summed E-state index contributed by atoms with van der Waals surface area (Å²) in [5, 5.41) is 0. The third-order valence-electron chi connectivity index (χ3n) is 4.03. The molecule has 1 atom stereocenters. The maximum atomic E-state index is 11.4. The van der Waals surface area contributed by atoms with Gasteiger partial charge in [0.25, 0.3) is 0 Å². The van der Waals surface area contributed by atoms with Gasteiger partial charge in [-0.2, -0.15) is 0 Å². The van der Waals surface area contributed by atoms with E-state index in [4.69, 9.17) is 4.74 Å². The number of benzene rings is 1. The first-order chi connectivity index (χ1) is 9.11. The van der Waals surface area contributed by atoms with Gasteiger partial charge in [-0.25, -0.2) is 0 Å². The zero-order chi connectivity index (χ0) is 13.8. The molecule has 1 aliphatic rings. The molecule has 104 valence electrons. The molecule has 0 N–H and O–H groups in total. The van der Waals surface area contributed by atoms with Gasteiger partial charge in [0.05, 0.1) is 7.11 Å². The predicted molar refractivity (Wildman–Crippen MR) is 76.4 cm³/mol. The van der Waals surface area contributed by atoms with E-state index in [2.05, 4.69) is 31.1 Å². The van der Waals surface area contributed by atoms with Crippen molar-refractivity contribution in [1.82, 2.24) is 4.90 Å². The third-order valence-corrected chi connectivity index (χ3v) is 4.03. The predicted octanol–water partition coefficient (Wildman–Crippen LogP) is 3.06. The molecule has 0 amide bonds. The molecule has 2 rings (SSSR count). The number of carbonyl (C=O) groups excluding carboxylic acids is 1. The Bertz CT molecular complexity index is 432. The first-order valence-electron chi connectivity index (χ1n) is 6.94. The van der Waals surface area contributed by atoms with Gasteiger partial charge in [-0.3, -0.25) is 4.79 Å². The lowest BCUT2D eigenvalue weighted by molar-refractivity contribution is -0.121. The Morgan fingerprint density at radius 3 is 2.53 bits per heavy atom. The summed E-state index contributed by atoms with van der Waals surface area (Å²) >= 11 is 0. The fourth-order valence-electron chi connectivity index (χ4n) is 3.10. The monoisotopic (exact) mass is 261 g/mol. The Morgan fingerprint density at radius 2 is 1.95 bits per heavy atom. The number of nitrogens with zero attached hydrogens (tertiary/aromatic N) is 1. The number of ether oxygens (including phenoxy) is 1. The van der Waals surface area contributed by atoms with E-state index >= 15 is 0 Å². The van der Waals surface area contributed by atoms with Crippen LogP contribution < -0.4 is 4.74 Å². The Labute approximate surface area is 115 Å². The van der Waals surface area contributed by atoms with E-state index in [1.165, 1.54) is 5.56 Å². The largest absolute Gasteiger partial charge is 0.497 e. The van der Waals surface area contributed by atoms with E-state index in [-0.39, 0.29) is 0 Å². The van der Waals surface area contributed by atoms with Crippen molar-refractivity contribution >= 4 is 5.78 Å². The molecule has 0 aromatic heterocycles. The molecule has 1 aromatic rings. The highest BCUT2D eigenvalue weighted by atomic mass is 16.5. The van der Waals surface area contributed by atoms with Crippen LogP contribution in [-0.4, -0.2) is 31.9 Å². The number of ketones is 1. The molecule has 0 heterocycles. The van der Waals surface area contributed by atoms with Gasteiger partial charge in [-0.1, -0.05) is 12.1 Å². The van der Waals surface area contributed by atoms with Gasteiger partial charge in [0, 0.05) is 18.9 Å². The molecule has 1 saturated carbocycles. The second-order valence-electron chi connectivity index (χ2n) is 5.56. The standard InChI is InChI=1S/C16H23NO2/c1-17(2)16(12-7-9-14(18)10-8-12)13-5-4-6-15(11-13)19-3/h4-6,11-12,16H,7-10H2,1-3H3. The van der Waals surface area contributed by atoms with Crippen LogP contribution in [0.25, 0.3) is 0 Å². The normalized spacial score (nSPS) is 18.6. The van der Waals surface area contributed by atoms with Gasteiger partial charge in [0.15, 0.2) is 0 Å². The second kappa shape index (κ2) is 6.20. The van der Waals surface area contributed by atoms with Crippen LogP contribution >= 0.6 is 0 Å². The Kier molecular flexibility index (Phi) is 4.59. The van der Waals surface area contributed by atoms with Crippen LogP contribution in [0.3, 0.4) is 0 Å². The fraction of sp³-hybridized carbons (Fsp3) is 0.562. The van der Waals surface area contributed by atoms with Crippen molar-refractivity contribution in [2.75, 3.05) is 21.2 Å². The molecule has 0 radical (unpaired) electrons. The zero-order valence-corrected chi connectivity index (χ0v) is 12.1. The molecule has 3 nitrogen and oxygen atoms in total. The van der Waals surface area contributed by atoms with Crippen LogP contribution in [0.4, 0.5) is 0 Å². The molecule has 0 aliphatic heterocycles. The number of rotatable bonds is 4. The van der Waals surface area contributed by atoms with Crippen LogP contribution in [0, 0.1) is 5.92 Å². The number of hydrogen-bond donors (Lipinski definition) is 0. The fourth-order valence-corrected chi connectivity index (χ4v) is 3.10. The Hall–Kier alpha value is -1.35. The summed E-state index contributed by atoms with van der Waals surface area (Å²) in [4.78, 5) is 13.7. The van der Waals surface area contributed by atoms with E-state index in [0.717, 1.165) is 31.4 Å². The number of hydrogen-bond acceptors (Lipinski definition) is 3. The number of Topliss-reactive ketones (excluding diaryl/α,β-unsaturated/α-hetero) is 1. The molecule has 1 aromatic carbocycles. The SMILES string of the molecule is COc1cccc(C(C2CCC(=O)CC2)N(C)C)c1. The second-order valence-corrected chi connectivity index (χ2v) is 5.56. The molecule has 0 saturated heterocycles. The summed E-state index contributed by atoms with van der Waals surface area (Å²) in [6, 6.07) is 8.65. The molecule has 1 aliphatic carbocycles. The summed E-state index contributed by atoms with van der Waals surface area (Å²) in [5.41, 5.74) is 1.28. The molecule has 1 unspecified atom stereocenters. The van der Waals surface area contributed by atoms with Crippen molar-refractivity contribution in [2.45, 2.75) is 31.7 Å². The van der Waals surface area contributed by atoms with Crippen molar-refractivity contribution in [3.63, 3.8) is 0 Å². The molecule has 19 heavy (non-hydrogen) atoms. The van der Waals surface area contributed by atoms with Gasteiger partial charge in [-0.05, 0) is 50.6 Å². The van der Waals surface area contributed by atoms with Crippen molar-refractivity contribution < 1.29 is 9.53 Å². The van der Waals surface area contributed by atoms with Gasteiger partial charge >= 0.3 is 0 Å². The van der Waals surface area contributed by atoms with Gasteiger partial charge in [0.1, 0.15) is 11.5 Å². The molecular formula is C16H23NO2. The molecule has 1 fully saturated rings. The third kappa shape index (κ3) is 3.35. The van der Waals surface area contributed by atoms with Crippen LogP contribution in [0.2, 0.25) is 0 Å². The number of methoxy groups -OCH3 is 1. The maximum absolute atomic E-state index is 11.4. The van der Waals surface area contributed by atoms with Crippen molar-refractivity contribution in [3.8, 4) is 5.75 Å². The first-order valence-corrected chi connectivity index (χ1v) is 6.94. The summed E-state index contributed by atoms with van der Waals surface area (Å²) < 4.78 is 5.32. The minimum atomic E-state index is 0.364. The minimum absolute atomic E-state index is 0.364.